The van der Waals surface area contributed by atoms with Crippen LogP contribution in [0.1, 0.15) is 12.0 Å². The van der Waals surface area contributed by atoms with Crippen LogP contribution in [0.25, 0.3) is 0 Å². The Morgan fingerprint density at radius 1 is 1.26 bits per heavy atom. The van der Waals surface area contributed by atoms with Gasteiger partial charge in [-0.1, -0.05) is 12.1 Å². The van der Waals surface area contributed by atoms with E-state index in [-0.39, 0.29) is 11.7 Å². The molecule has 1 rings (SSSR count). The van der Waals surface area contributed by atoms with Crippen LogP contribution in [-0.2, 0) is 11.3 Å². The molecular weight excluding hydrogens is 245 g/mol. The van der Waals surface area contributed by atoms with Gasteiger partial charge < -0.3 is 15.5 Å². The molecule has 0 radical (unpaired) electrons. The molecule has 0 aliphatic carbocycles. The molecule has 19 heavy (non-hydrogen) atoms. The number of halogens is 1. The van der Waals surface area contributed by atoms with E-state index in [1.165, 1.54) is 12.1 Å². The minimum absolute atomic E-state index is 0.0471. The van der Waals surface area contributed by atoms with Crippen molar-refractivity contribution < 1.29 is 9.18 Å². The Hall–Kier alpha value is -1.46. The van der Waals surface area contributed by atoms with Crippen LogP contribution in [-0.4, -0.2) is 44.5 Å². The number of benzene rings is 1. The van der Waals surface area contributed by atoms with Crippen molar-refractivity contribution in [1.82, 2.24) is 15.5 Å². The summed E-state index contributed by atoms with van der Waals surface area (Å²) in [6.07, 6.45) is 1.01. The molecule has 1 aromatic carbocycles. The second kappa shape index (κ2) is 8.61. The summed E-state index contributed by atoms with van der Waals surface area (Å²) < 4.78 is 12.7. The van der Waals surface area contributed by atoms with E-state index in [2.05, 4.69) is 15.5 Å². The van der Waals surface area contributed by atoms with Crippen molar-refractivity contribution in [2.24, 2.45) is 0 Å². The molecule has 0 bridgehead atoms. The Morgan fingerprint density at radius 2 is 1.95 bits per heavy atom. The predicted molar refractivity (Wildman–Crippen MR) is 74.3 cm³/mol. The SMILES string of the molecule is CN(C)CCCNCC(=O)NCc1ccc(F)cc1. The van der Waals surface area contributed by atoms with E-state index < -0.39 is 0 Å². The lowest BCUT2D eigenvalue weighted by Gasteiger charge is -2.10. The van der Waals surface area contributed by atoms with Crippen molar-refractivity contribution in [3.8, 4) is 0 Å². The molecule has 2 N–H and O–H groups in total. The van der Waals surface area contributed by atoms with Gasteiger partial charge in [0.25, 0.3) is 0 Å². The van der Waals surface area contributed by atoms with Crippen molar-refractivity contribution in [2.45, 2.75) is 13.0 Å². The van der Waals surface area contributed by atoms with Crippen LogP contribution in [0.5, 0.6) is 0 Å². The first-order valence-corrected chi connectivity index (χ1v) is 6.44. The van der Waals surface area contributed by atoms with Crippen molar-refractivity contribution in [3.05, 3.63) is 35.6 Å². The number of amides is 1. The lowest BCUT2D eigenvalue weighted by atomic mass is 10.2. The lowest BCUT2D eigenvalue weighted by Crippen LogP contribution is -2.34. The third-order valence-corrected chi connectivity index (χ3v) is 2.65. The topological polar surface area (TPSA) is 44.4 Å². The molecule has 0 aromatic heterocycles. The molecule has 0 saturated heterocycles. The first kappa shape index (κ1) is 15.6. The minimum atomic E-state index is -0.266. The first-order chi connectivity index (χ1) is 9.08. The smallest absolute Gasteiger partial charge is 0.234 e. The summed E-state index contributed by atoms with van der Waals surface area (Å²) in [5, 5.41) is 5.87. The van der Waals surface area contributed by atoms with E-state index in [9.17, 15) is 9.18 Å². The van der Waals surface area contributed by atoms with Gasteiger partial charge in [-0.3, -0.25) is 4.79 Å². The number of nitrogens with one attached hydrogen (secondary N) is 2. The van der Waals surface area contributed by atoms with E-state index in [1.807, 2.05) is 14.1 Å². The highest BCUT2D eigenvalue weighted by Gasteiger charge is 2.01. The highest BCUT2D eigenvalue weighted by molar-refractivity contribution is 5.77. The molecule has 1 amide bonds. The molecule has 0 atom stereocenters. The summed E-state index contributed by atoms with van der Waals surface area (Å²) in [5.74, 6) is -0.313. The fraction of sp³-hybridized carbons (Fsp3) is 0.500. The summed E-state index contributed by atoms with van der Waals surface area (Å²) in [6, 6.07) is 6.11. The van der Waals surface area contributed by atoms with Gasteiger partial charge in [0.15, 0.2) is 0 Å². The monoisotopic (exact) mass is 267 g/mol. The van der Waals surface area contributed by atoms with Gasteiger partial charge in [0.05, 0.1) is 6.54 Å². The Balaban J connectivity index is 2.09. The van der Waals surface area contributed by atoms with Crippen LogP contribution in [0.4, 0.5) is 4.39 Å². The molecule has 0 fully saturated rings. The molecule has 1 aromatic rings. The predicted octanol–water partition coefficient (Wildman–Crippen LogP) is 0.983. The van der Waals surface area contributed by atoms with E-state index in [4.69, 9.17) is 0 Å². The van der Waals surface area contributed by atoms with Gasteiger partial charge in [0.2, 0.25) is 5.91 Å². The van der Waals surface area contributed by atoms with Crippen LogP contribution in [0, 0.1) is 5.82 Å². The van der Waals surface area contributed by atoms with Gasteiger partial charge in [0, 0.05) is 6.54 Å². The second-order valence-corrected chi connectivity index (χ2v) is 4.74. The molecule has 0 heterocycles. The van der Waals surface area contributed by atoms with Crippen LogP contribution in [0.15, 0.2) is 24.3 Å². The Kier molecular flexibility index (Phi) is 7.07. The average molecular weight is 267 g/mol. The van der Waals surface area contributed by atoms with Crippen LogP contribution in [0.2, 0.25) is 0 Å². The molecule has 0 aliphatic heterocycles. The lowest BCUT2D eigenvalue weighted by molar-refractivity contribution is -0.120. The van der Waals surface area contributed by atoms with Gasteiger partial charge in [0.1, 0.15) is 5.82 Å². The summed E-state index contributed by atoms with van der Waals surface area (Å²) in [7, 11) is 4.05. The van der Waals surface area contributed by atoms with Gasteiger partial charge in [-0.2, -0.15) is 0 Å². The molecule has 0 aliphatic rings. The summed E-state index contributed by atoms with van der Waals surface area (Å²) in [6.45, 7) is 2.57. The molecule has 0 unspecified atom stereocenters. The van der Waals surface area contributed by atoms with Crippen molar-refractivity contribution >= 4 is 5.91 Å². The molecule has 106 valence electrons. The Morgan fingerprint density at radius 3 is 2.58 bits per heavy atom. The minimum Gasteiger partial charge on any atom is -0.351 e. The van der Waals surface area contributed by atoms with E-state index in [0.717, 1.165) is 25.1 Å². The van der Waals surface area contributed by atoms with Gasteiger partial charge >= 0.3 is 0 Å². The number of hydrogen-bond acceptors (Lipinski definition) is 3. The van der Waals surface area contributed by atoms with Crippen molar-refractivity contribution in [1.29, 1.82) is 0 Å². The highest BCUT2D eigenvalue weighted by atomic mass is 19.1. The molecule has 0 spiro atoms. The number of carbonyl (C=O) groups is 1. The standard InChI is InChI=1S/C14H22FN3O/c1-18(2)9-3-8-16-11-14(19)17-10-12-4-6-13(15)7-5-12/h4-7,16H,3,8-11H2,1-2H3,(H,17,19). The molecular formula is C14H22FN3O. The summed E-state index contributed by atoms with van der Waals surface area (Å²) >= 11 is 0. The van der Waals surface area contributed by atoms with Gasteiger partial charge in [-0.15, -0.1) is 0 Å². The van der Waals surface area contributed by atoms with Crippen LogP contribution >= 0.6 is 0 Å². The number of rotatable bonds is 8. The average Bonchev–Trinajstić information content (AvgIpc) is 2.37. The quantitative estimate of drug-likeness (QED) is 0.690. The highest BCUT2D eigenvalue weighted by Crippen LogP contribution is 2.01. The fourth-order valence-corrected chi connectivity index (χ4v) is 1.59. The largest absolute Gasteiger partial charge is 0.351 e. The van der Waals surface area contributed by atoms with Crippen LogP contribution < -0.4 is 10.6 Å². The third kappa shape index (κ3) is 7.54. The van der Waals surface area contributed by atoms with E-state index in [0.29, 0.717) is 13.1 Å². The van der Waals surface area contributed by atoms with Crippen molar-refractivity contribution in [3.63, 3.8) is 0 Å². The zero-order valence-corrected chi connectivity index (χ0v) is 11.6. The molecule has 0 saturated carbocycles. The summed E-state index contributed by atoms with van der Waals surface area (Å²) in [5.41, 5.74) is 0.891. The fourth-order valence-electron chi connectivity index (χ4n) is 1.59. The number of nitrogens with zero attached hydrogens (tertiary/aromatic N) is 1. The summed E-state index contributed by atoms with van der Waals surface area (Å²) in [4.78, 5) is 13.6. The normalized spacial score (nSPS) is 10.7. The van der Waals surface area contributed by atoms with Gasteiger partial charge in [-0.05, 0) is 51.3 Å². The number of hydrogen-bond donors (Lipinski definition) is 2. The van der Waals surface area contributed by atoms with Gasteiger partial charge in [-0.25, -0.2) is 4.39 Å². The zero-order valence-electron chi connectivity index (χ0n) is 11.6. The maximum Gasteiger partial charge on any atom is 0.234 e. The zero-order chi connectivity index (χ0) is 14.1. The second-order valence-electron chi connectivity index (χ2n) is 4.74. The first-order valence-electron chi connectivity index (χ1n) is 6.44. The van der Waals surface area contributed by atoms with E-state index >= 15 is 0 Å². The van der Waals surface area contributed by atoms with E-state index in [1.54, 1.807) is 12.1 Å². The Bertz CT molecular complexity index is 379. The number of carbonyl (C=O) groups excluding carboxylic acids is 1. The maximum absolute atomic E-state index is 12.7. The molecule has 5 heteroatoms. The van der Waals surface area contributed by atoms with Crippen LogP contribution in [0.3, 0.4) is 0 Å². The maximum atomic E-state index is 12.7. The Labute approximate surface area is 114 Å². The third-order valence-electron chi connectivity index (χ3n) is 2.65. The molecule has 4 nitrogen and oxygen atoms in total. The van der Waals surface area contributed by atoms with Crippen molar-refractivity contribution in [2.75, 3.05) is 33.7 Å².